The zero-order chi connectivity index (χ0) is 20.8. The van der Waals surface area contributed by atoms with E-state index < -0.39 is 0 Å². The van der Waals surface area contributed by atoms with Crippen LogP contribution in [-0.4, -0.2) is 86.1 Å². The van der Waals surface area contributed by atoms with Crippen molar-refractivity contribution in [1.82, 2.24) is 14.7 Å². The summed E-state index contributed by atoms with van der Waals surface area (Å²) >= 11 is 0. The lowest BCUT2D eigenvalue weighted by molar-refractivity contribution is -0.137. The van der Waals surface area contributed by atoms with Crippen LogP contribution in [0.5, 0.6) is 5.75 Å². The van der Waals surface area contributed by atoms with Crippen LogP contribution in [0.1, 0.15) is 26.7 Å². The molecule has 2 saturated heterocycles. The predicted octanol–water partition coefficient (Wildman–Crippen LogP) is 2.52. The van der Waals surface area contributed by atoms with Crippen LogP contribution in [0.25, 0.3) is 0 Å². The average molecular weight is 403 g/mol. The third kappa shape index (κ3) is 4.95. The number of rotatable bonds is 5. The topological polar surface area (TPSA) is 56.3 Å². The number of urea groups is 1. The van der Waals surface area contributed by atoms with Crippen molar-refractivity contribution in [3.63, 3.8) is 0 Å². The molecule has 0 spiro atoms. The largest absolute Gasteiger partial charge is 0.497 e. The summed E-state index contributed by atoms with van der Waals surface area (Å²) in [6.45, 7) is 9.97. The summed E-state index contributed by atoms with van der Waals surface area (Å²) in [4.78, 5) is 33.5. The van der Waals surface area contributed by atoms with Gasteiger partial charge in [-0.2, -0.15) is 0 Å². The van der Waals surface area contributed by atoms with Crippen LogP contribution >= 0.6 is 0 Å². The van der Waals surface area contributed by atoms with Gasteiger partial charge in [0.1, 0.15) is 5.75 Å². The van der Waals surface area contributed by atoms with E-state index in [9.17, 15) is 9.59 Å². The Bertz CT molecular complexity index is 691. The smallest absolute Gasteiger partial charge is 0.319 e. The summed E-state index contributed by atoms with van der Waals surface area (Å²) in [5, 5.41) is 0. The van der Waals surface area contributed by atoms with Crippen molar-refractivity contribution in [2.75, 3.05) is 64.4 Å². The van der Waals surface area contributed by atoms with E-state index in [1.165, 1.54) is 0 Å². The second-order valence-electron chi connectivity index (χ2n) is 7.73. The fraction of sp³-hybridized carbons (Fsp3) is 0.636. The summed E-state index contributed by atoms with van der Waals surface area (Å²) in [7, 11) is 1.68. The van der Waals surface area contributed by atoms with Gasteiger partial charge in [-0.3, -0.25) is 4.79 Å². The minimum absolute atomic E-state index is 0.0409. The van der Waals surface area contributed by atoms with Gasteiger partial charge in [0.25, 0.3) is 0 Å². The van der Waals surface area contributed by atoms with E-state index in [1.807, 2.05) is 46.7 Å². The van der Waals surface area contributed by atoms with Crippen LogP contribution in [0.3, 0.4) is 0 Å². The van der Waals surface area contributed by atoms with E-state index in [-0.39, 0.29) is 17.9 Å². The van der Waals surface area contributed by atoms with Crippen LogP contribution in [0, 0.1) is 5.92 Å². The minimum Gasteiger partial charge on any atom is -0.497 e. The zero-order valence-electron chi connectivity index (χ0n) is 18.0. The number of carbonyl (C=O) groups excluding carboxylic acids is 2. The van der Waals surface area contributed by atoms with Gasteiger partial charge in [-0.05, 0) is 38.8 Å². The van der Waals surface area contributed by atoms with Gasteiger partial charge in [-0.1, -0.05) is 6.07 Å². The molecule has 2 aliphatic heterocycles. The van der Waals surface area contributed by atoms with Gasteiger partial charge < -0.3 is 24.3 Å². The molecule has 2 fully saturated rings. The highest BCUT2D eigenvalue weighted by atomic mass is 16.5. The lowest BCUT2D eigenvalue weighted by Crippen LogP contribution is -2.53. The number of hydrogen-bond donors (Lipinski definition) is 0. The summed E-state index contributed by atoms with van der Waals surface area (Å²) in [5.74, 6) is 1.15. The number of hydrogen-bond acceptors (Lipinski definition) is 4. The Kier molecular flexibility index (Phi) is 7.23. The maximum Gasteiger partial charge on any atom is 0.319 e. The van der Waals surface area contributed by atoms with Crippen molar-refractivity contribution in [1.29, 1.82) is 0 Å². The molecule has 0 radical (unpaired) electrons. The zero-order valence-corrected chi connectivity index (χ0v) is 18.0. The molecule has 7 heteroatoms. The molecule has 3 rings (SSSR count). The van der Waals surface area contributed by atoms with Crippen LogP contribution in [-0.2, 0) is 4.79 Å². The van der Waals surface area contributed by atoms with Gasteiger partial charge in [-0.15, -0.1) is 0 Å². The molecule has 0 aromatic heterocycles. The van der Waals surface area contributed by atoms with E-state index in [1.54, 1.807) is 7.11 Å². The lowest BCUT2D eigenvalue weighted by Gasteiger charge is -2.40. The lowest BCUT2D eigenvalue weighted by atomic mass is 9.95. The number of benzene rings is 1. The van der Waals surface area contributed by atoms with Crippen molar-refractivity contribution in [2.24, 2.45) is 5.92 Å². The number of nitrogens with zero attached hydrogens (tertiary/aromatic N) is 4. The molecule has 1 aromatic carbocycles. The number of carbonyl (C=O) groups is 2. The van der Waals surface area contributed by atoms with E-state index in [0.29, 0.717) is 13.1 Å². The predicted molar refractivity (Wildman–Crippen MR) is 114 cm³/mol. The first-order valence-corrected chi connectivity index (χ1v) is 10.8. The maximum atomic E-state index is 13.0. The monoisotopic (exact) mass is 402 g/mol. The van der Waals surface area contributed by atoms with Crippen molar-refractivity contribution in [3.05, 3.63) is 24.3 Å². The molecular formula is C22H34N4O3. The Labute approximate surface area is 174 Å². The quantitative estimate of drug-likeness (QED) is 0.759. The minimum atomic E-state index is 0.0409. The number of piperazine rings is 1. The molecular weight excluding hydrogens is 368 g/mol. The highest BCUT2D eigenvalue weighted by molar-refractivity contribution is 5.80. The SMILES string of the molecule is CCN(CC)C(=O)N1CCC(C(=O)N2CCN(c3cccc(OC)c3)CC2)CC1. The number of likely N-dealkylation sites (tertiary alicyclic amines) is 1. The molecule has 3 amide bonds. The van der Waals surface area contributed by atoms with E-state index in [4.69, 9.17) is 4.74 Å². The van der Waals surface area contributed by atoms with Crippen molar-refractivity contribution in [3.8, 4) is 5.75 Å². The van der Waals surface area contributed by atoms with Gasteiger partial charge in [0, 0.05) is 70.0 Å². The molecule has 0 saturated carbocycles. The number of amides is 3. The van der Waals surface area contributed by atoms with Crippen LogP contribution in [0.4, 0.5) is 10.5 Å². The maximum absolute atomic E-state index is 13.0. The number of ether oxygens (including phenoxy) is 1. The summed E-state index contributed by atoms with van der Waals surface area (Å²) in [6.07, 6.45) is 1.53. The molecule has 1 aromatic rings. The Morgan fingerprint density at radius 3 is 2.24 bits per heavy atom. The van der Waals surface area contributed by atoms with Crippen LogP contribution in [0.2, 0.25) is 0 Å². The Morgan fingerprint density at radius 2 is 1.66 bits per heavy atom. The normalized spacial score (nSPS) is 18.0. The summed E-state index contributed by atoms with van der Waals surface area (Å²) in [5.41, 5.74) is 1.14. The Balaban J connectivity index is 1.48. The summed E-state index contributed by atoms with van der Waals surface area (Å²) < 4.78 is 5.32. The van der Waals surface area contributed by atoms with Crippen LogP contribution < -0.4 is 9.64 Å². The summed E-state index contributed by atoms with van der Waals surface area (Å²) in [6, 6.07) is 8.18. The molecule has 7 nitrogen and oxygen atoms in total. The molecule has 0 aliphatic carbocycles. The molecule has 2 aliphatic rings. The third-order valence-corrected chi connectivity index (χ3v) is 6.16. The Morgan fingerprint density at radius 1 is 1.00 bits per heavy atom. The van der Waals surface area contributed by atoms with Crippen molar-refractivity contribution in [2.45, 2.75) is 26.7 Å². The van der Waals surface area contributed by atoms with E-state index in [2.05, 4.69) is 11.0 Å². The number of methoxy groups -OCH3 is 1. The van der Waals surface area contributed by atoms with E-state index >= 15 is 0 Å². The average Bonchev–Trinajstić information content (AvgIpc) is 2.79. The molecule has 29 heavy (non-hydrogen) atoms. The first-order valence-electron chi connectivity index (χ1n) is 10.8. The molecule has 0 bridgehead atoms. The number of piperidine rings is 1. The highest BCUT2D eigenvalue weighted by Crippen LogP contribution is 2.24. The first kappa shape index (κ1) is 21.3. The van der Waals surface area contributed by atoms with Gasteiger partial charge in [-0.25, -0.2) is 4.79 Å². The van der Waals surface area contributed by atoms with Crippen LogP contribution in [0.15, 0.2) is 24.3 Å². The van der Waals surface area contributed by atoms with Gasteiger partial charge in [0.05, 0.1) is 7.11 Å². The second kappa shape index (κ2) is 9.85. The fourth-order valence-corrected chi connectivity index (χ4v) is 4.26. The third-order valence-electron chi connectivity index (χ3n) is 6.16. The van der Waals surface area contributed by atoms with Gasteiger partial charge in [0.15, 0.2) is 0 Å². The fourth-order valence-electron chi connectivity index (χ4n) is 4.26. The van der Waals surface area contributed by atoms with Gasteiger partial charge >= 0.3 is 6.03 Å². The molecule has 0 N–H and O–H groups in total. The molecule has 160 valence electrons. The number of anilines is 1. The molecule has 2 heterocycles. The van der Waals surface area contributed by atoms with E-state index in [0.717, 1.165) is 63.5 Å². The molecule has 0 unspecified atom stereocenters. The first-order chi connectivity index (χ1) is 14.1. The highest BCUT2D eigenvalue weighted by Gasteiger charge is 2.32. The van der Waals surface area contributed by atoms with Crippen molar-refractivity contribution >= 4 is 17.6 Å². The standard InChI is InChI=1S/C22H34N4O3/c1-4-23(5-2)22(28)26-11-9-18(10-12-26)21(27)25-15-13-24(14-16-25)19-7-6-8-20(17-19)29-3/h6-8,17-18H,4-5,9-16H2,1-3H3. The van der Waals surface area contributed by atoms with Crippen molar-refractivity contribution < 1.29 is 14.3 Å². The Hall–Kier alpha value is -2.44. The van der Waals surface area contributed by atoms with Gasteiger partial charge in [0.2, 0.25) is 5.91 Å². The molecule has 0 atom stereocenters. The second-order valence-corrected chi connectivity index (χ2v) is 7.73.